The maximum absolute atomic E-state index is 11.2. The Bertz CT molecular complexity index is 254. The quantitative estimate of drug-likeness (QED) is 0.727. The van der Waals surface area contributed by atoms with Crippen LogP contribution in [0.2, 0.25) is 0 Å². The van der Waals surface area contributed by atoms with Gasteiger partial charge in [-0.15, -0.1) is 11.3 Å². The first-order chi connectivity index (χ1) is 6.25. The Morgan fingerprint density at radius 3 is 2.92 bits per heavy atom. The Balaban J connectivity index is 2.63. The molecule has 0 aromatic carbocycles. The monoisotopic (exact) mass is 198 g/mol. The van der Waals surface area contributed by atoms with E-state index in [1.54, 1.807) is 18.3 Å². The molecule has 13 heavy (non-hydrogen) atoms. The van der Waals surface area contributed by atoms with Gasteiger partial charge in [-0.3, -0.25) is 4.79 Å². The van der Waals surface area contributed by atoms with E-state index >= 15 is 0 Å². The van der Waals surface area contributed by atoms with E-state index in [1.807, 2.05) is 24.4 Å². The third-order valence-electron chi connectivity index (χ3n) is 1.66. The molecule has 0 aliphatic rings. The number of ketones is 1. The average Bonchev–Trinajstić information content (AvgIpc) is 2.57. The van der Waals surface area contributed by atoms with Gasteiger partial charge in [0.1, 0.15) is 6.10 Å². The molecule has 0 bridgehead atoms. The zero-order chi connectivity index (χ0) is 9.68. The van der Waals surface area contributed by atoms with Gasteiger partial charge in [-0.1, -0.05) is 13.0 Å². The Hall–Kier alpha value is -0.670. The first kappa shape index (κ1) is 10.4. The standard InChI is InChI=1S/C10H14O2S/c1-3-6-12-10(8(2)11)9-5-4-7-13-9/h4-5,7,10H,3,6H2,1-2H3. The van der Waals surface area contributed by atoms with Crippen molar-refractivity contribution in [3.05, 3.63) is 22.4 Å². The minimum absolute atomic E-state index is 0.0795. The van der Waals surface area contributed by atoms with Crippen molar-refractivity contribution in [1.82, 2.24) is 0 Å². The summed E-state index contributed by atoms with van der Waals surface area (Å²) >= 11 is 1.56. The lowest BCUT2D eigenvalue weighted by atomic mass is 10.2. The van der Waals surface area contributed by atoms with Crippen molar-refractivity contribution in [2.75, 3.05) is 6.61 Å². The van der Waals surface area contributed by atoms with E-state index < -0.39 is 0 Å². The highest BCUT2D eigenvalue weighted by Crippen LogP contribution is 2.23. The van der Waals surface area contributed by atoms with Gasteiger partial charge < -0.3 is 4.74 Å². The third-order valence-corrected chi connectivity index (χ3v) is 2.58. The lowest BCUT2D eigenvalue weighted by Gasteiger charge is -2.12. The topological polar surface area (TPSA) is 26.3 Å². The van der Waals surface area contributed by atoms with E-state index in [9.17, 15) is 4.79 Å². The summed E-state index contributed by atoms with van der Waals surface area (Å²) in [6.07, 6.45) is 0.592. The van der Waals surface area contributed by atoms with Crippen molar-refractivity contribution >= 4 is 17.1 Å². The molecular weight excluding hydrogens is 184 g/mol. The highest BCUT2D eigenvalue weighted by Gasteiger charge is 2.17. The molecule has 0 amide bonds. The van der Waals surface area contributed by atoms with Gasteiger partial charge >= 0.3 is 0 Å². The molecule has 0 saturated carbocycles. The molecule has 0 radical (unpaired) electrons. The summed E-state index contributed by atoms with van der Waals surface area (Å²) in [5.41, 5.74) is 0. The number of Topliss-reactive ketones (excluding diaryl/α,β-unsaturated/α-hetero) is 1. The predicted octanol–water partition coefficient (Wildman–Crippen LogP) is 2.80. The van der Waals surface area contributed by atoms with Gasteiger partial charge in [-0.2, -0.15) is 0 Å². The largest absolute Gasteiger partial charge is 0.365 e. The fourth-order valence-electron chi connectivity index (χ4n) is 1.08. The minimum Gasteiger partial charge on any atom is -0.365 e. The molecule has 1 atom stereocenters. The van der Waals surface area contributed by atoms with Gasteiger partial charge in [0.2, 0.25) is 0 Å². The molecule has 0 N–H and O–H groups in total. The summed E-state index contributed by atoms with van der Waals surface area (Å²) in [4.78, 5) is 12.2. The Morgan fingerprint density at radius 2 is 2.46 bits per heavy atom. The highest BCUT2D eigenvalue weighted by molar-refractivity contribution is 7.10. The summed E-state index contributed by atoms with van der Waals surface area (Å²) in [5.74, 6) is 0.0795. The molecule has 0 fully saturated rings. The summed E-state index contributed by atoms with van der Waals surface area (Å²) in [6, 6.07) is 3.87. The maximum atomic E-state index is 11.2. The maximum Gasteiger partial charge on any atom is 0.163 e. The van der Waals surface area contributed by atoms with Crippen LogP contribution in [0.15, 0.2) is 17.5 Å². The Labute approximate surface area is 82.5 Å². The van der Waals surface area contributed by atoms with Crippen LogP contribution in [-0.4, -0.2) is 12.4 Å². The molecule has 1 rings (SSSR count). The van der Waals surface area contributed by atoms with Crippen LogP contribution in [0.4, 0.5) is 0 Å². The second kappa shape index (κ2) is 5.14. The fourth-order valence-corrected chi connectivity index (χ4v) is 1.90. The molecule has 2 nitrogen and oxygen atoms in total. The van der Waals surface area contributed by atoms with E-state index in [0.717, 1.165) is 11.3 Å². The number of hydrogen-bond acceptors (Lipinski definition) is 3. The second-order valence-electron chi connectivity index (χ2n) is 2.88. The summed E-state index contributed by atoms with van der Waals surface area (Å²) in [6.45, 7) is 4.24. The van der Waals surface area contributed by atoms with Crippen molar-refractivity contribution in [3.8, 4) is 0 Å². The Morgan fingerprint density at radius 1 is 1.69 bits per heavy atom. The number of carbonyl (C=O) groups excluding carboxylic acids is 1. The van der Waals surface area contributed by atoms with Crippen molar-refractivity contribution in [2.24, 2.45) is 0 Å². The van der Waals surface area contributed by atoms with Gasteiger partial charge in [0, 0.05) is 11.5 Å². The lowest BCUT2D eigenvalue weighted by molar-refractivity contribution is -0.128. The number of thiophene rings is 1. The first-order valence-electron chi connectivity index (χ1n) is 4.41. The number of ether oxygens (including phenoxy) is 1. The smallest absolute Gasteiger partial charge is 0.163 e. The molecule has 1 heterocycles. The number of rotatable bonds is 5. The summed E-state index contributed by atoms with van der Waals surface area (Å²) in [5, 5.41) is 1.96. The molecule has 1 aromatic heterocycles. The van der Waals surface area contributed by atoms with E-state index in [0.29, 0.717) is 6.61 Å². The lowest BCUT2D eigenvalue weighted by Crippen LogP contribution is -2.12. The molecule has 3 heteroatoms. The van der Waals surface area contributed by atoms with Crippen LogP contribution in [0.1, 0.15) is 31.2 Å². The van der Waals surface area contributed by atoms with Gasteiger partial charge in [-0.25, -0.2) is 0 Å². The normalized spacial score (nSPS) is 12.8. The van der Waals surface area contributed by atoms with Crippen LogP contribution in [0.25, 0.3) is 0 Å². The van der Waals surface area contributed by atoms with E-state index in [1.165, 1.54) is 0 Å². The van der Waals surface area contributed by atoms with Crippen molar-refractivity contribution < 1.29 is 9.53 Å². The van der Waals surface area contributed by atoms with Gasteiger partial charge in [-0.05, 0) is 24.8 Å². The van der Waals surface area contributed by atoms with Gasteiger partial charge in [0.25, 0.3) is 0 Å². The summed E-state index contributed by atoms with van der Waals surface area (Å²) < 4.78 is 5.46. The molecule has 1 unspecified atom stereocenters. The SMILES string of the molecule is CCCOC(C(C)=O)c1cccs1. The van der Waals surface area contributed by atoms with Crippen LogP contribution in [0, 0.1) is 0 Å². The van der Waals surface area contributed by atoms with Crippen LogP contribution in [-0.2, 0) is 9.53 Å². The fraction of sp³-hybridized carbons (Fsp3) is 0.500. The zero-order valence-corrected chi connectivity index (χ0v) is 8.76. The van der Waals surface area contributed by atoms with Crippen LogP contribution >= 0.6 is 11.3 Å². The first-order valence-corrected chi connectivity index (χ1v) is 5.29. The van der Waals surface area contributed by atoms with Crippen LogP contribution < -0.4 is 0 Å². The number of hydrogen-bond donors (Lipinski definition) is 0. The van der Waals surface area contributed by atoms with Crippen molar-refractivity contribution in [3.63, 3.8) is 0 Å². The molecular formula is C10H14O2S. The van der Waals surface area contributed by atoms with Crippen molar-refractivity contribution in [1.29, 1.82) is 0 Å². The minimum atomic E-state index is -0.347. The van der Waals surface area contributed by atoms with E-state index in [2.05, 4.69) is 0 Å². The molecule has 0 aliphatic heterocycles. The van der Waals surface area contributed by atoms with E-state index in [4.69, 9.17) is 4.74 Å². The summed E-state index contributed by atoms with van der Waals surface area (Å²) in [7, 11) is 0. The van der Waals surface area contributed by atoms with Crippen molar-refractivity contribution in [2.45, 2.75) is 26.4 Å². The third kappa shape index (κ3) is 2.94. The Kier molecular flexibility index (Phi) is 4.12. The van der Waals surface area contributed by atoms with Gasteiger partial charge in [0.15, 0.2) is 5.78 Å². The molecule has 0 spiro atoms. The van der Waals surface area contributed by atoms with E-state index in [-0.39, 0.29) is 11.9 Å². The highest BCUT2D eigenvalue weighted by atomic mass is 32.1. The molecule has 1 aromatic rings. The predicted molar refractivity (Wildman–Crippen MR) is 54.0 cm³/mol. The molecule has 72 valence electrons. The average molecular weight is 198 g/mol. The number of carbonyl (C=O) groups is 1. The zero-order valence-electron chi connectivity index (χ0n) is 7.95. The molecule has 0 aliphatic carbocycles. The second-order valence-corrected chi connectivity index (χ2v) is 3.86. The molecule has 0 saturated heterocycles. The van der Waals surface area contributed by atoms with Crippen LogP contribution in [0.5, 0.6) is 0 Å². The van der Waals surface area contributed by atoms with Crippen LogP contribution in [0.3, 0.4) is 0 Å². The van der Waals surface area contributed by atoms with Gasteiger partial charge in [0.05, 0.1) is 0 Å².